The van der Waals surface area contributed by atoms with Crippen molar-refractivity contribution in [2.24, 2.45) is 0 Å². The van der Waals surface area contributed by atoms with E-state index in [-0.39, 0.29) is 21.8 Å². The predicted molar refractivity (Wildman–Crippen MR) is 60.8 cm³/mol. The Balaban J connectivity index is 2.51. The van der Waals surface area contributed by atoms with Crippen LogP contribution in [0, 0.1) is 0 Å². The summed E-state index contributed by atoms with van der Waals surface area (Å²) in [5.41, 5.74) is -0.572. The highest BCUT2D eigenvalue weighted by atomic mass is 79.9. The third-order valence-electron chi connectivity index (χ3n) is 2.86. The molecule has 0 spiro atoms. The minimum Gasteiger partial charge on any atom is -0.507 e. The summed E-state index contributed by atoms with van der Waals surface area (Å²) in [6.45, 7) is 0.723. The van der Waals surface area contributed by atoms with Crippen LogP contribution in [0.4, 0.5) is 13.2 Å². The van der Waals surface area contributed by atoms with Gasteiger partial charge in [-0.25, -0.2) is 0 Å². The standard InChI is InChI=1S/C11H11BrF3NO/c12-8-4-6(9-2-1-3-16-9)7(5-10(8)17)11(13,14)15/h4-5,9,16-17H,1-3H2. The second-order valence-corrected chi connectivity index (χ2v) is 4.89. The lowest BCUT2D eigenvalue weighted by Gasteiger charge is -2.19. The lowest BCUT2D eigenvalue weighted by molar-refractivity contribution is -0.138. The number of phenolic OH excluding ortho intramolecular Hbond substituents is 1. The van der Waals surface area contributed by atoms with E-state index < -0.39 is 11.7 Å². The zero-order valence-corrected chi connectivity index (χ0v) is 10.4. The zero-order valence-electron chi connectivity index (χ0n) is 8.81. The largest absolute Gasteiger partial charge is 0.507 e. The Labute approximate surface area is 105 Å². The van der Waals surface area contributed by atoms with Crippen LogP contribution in [0.5, 0.6) is 5.75 Å². The zero-order chi connectivity index (χ0) is 12.6. The van der Waals surface area contributed by atoms with Crippen LogP contribution >= 0.6 is 15.9 Å². The molecule has 1 unspecified atom stereocenters. The first-order chi connectivity index (χ1) is 7.89. The van der Waals surface area contributed by atoms with Crippen molar-refractivity contribution in [3.05, 3.63) is 27.7 Å². The Morgan fingerprint density at radius 2 is 2.06 bits per heavy atom. The van der Waals surface area contributed by atoms with Crippen LogP contribution in [0.3, 0.4) is 0 Å². The average molecular weight is 310 g/mol. The van der Waals surface area contributed by atoms with E-state index in [2.05, 4.69) is 21.2 Å². The van der Waals surface area contributed by atoms with Crippen molar-refractivity contribution in [1.29, 1.82) is 0 Å². The fourth-order valence-corrected chi connectivity index (χ4v) is 2.42. The molecule has 1 fully saturated rings. The molecule has 6 heteroatoms. The maximum Gasteiger partial charge on any atom is 0.416 e. The summed E-state index contributed by atoms with van der Waals surface area (Å²) in [6, 6.07) is 1.84. The minimum atomic E-state index is -4.45. The van der Waals surface area contributed by atoms with Gasteiger partial charge < -0.3 is 10.4 Å². The highest BCUT2D eigenvalue weighted by Gasteiger charge is 2.36. The van der Waals surface area contributed by atoms with E-state index >= 15 is 0 Å². The van der Waals surface area contributed by atoms with E-state index in [0.717, 1.165) is 19.0 Å². The number of benzene rings is 1. The maximum absolute atomic E-state index is 12.9. The van der Waals surface area contributed by atoms with E-state index in [0.29, 0.717) is 6.42 Å². The average Bonchev–Trinajstić information content (AvgIpc) is 2.73. The monoisotopic (exact) mass is 309 g/mol. The smallest absolute Gasteiger partial charge is 0.416 e. The van der Waals surface area contributed by atoms with Crippen molar-refractivity contribution < 1.29 is 18.3 Å². The second-order valence-electron chi connectivity index (χ2n) is 4.04. The van der Waals surface area contributed by atoms with Gasteiger partial charge in [-0.1, -0.05) is 0 Å². The molecule has 94 valence electrons. The molecule has 0 amide bonds. The van der Waals surface area contributed by atoms with E-state index in [9.17, 15) is 18.3 Å². The van der Waals surface area contributed by atoms with Crippen LogP contribution < -0.4 is 5.32 Å². The fraction of sp³-hybridized carbons (Fsp3) is 0.455. The summed E-state index contributed by atoms with van der Waals surface area (Å²) in [6.07, 6.45) is -2.90. The first-order valence-electron chi connectivity index (χ1n) is 5.22. The Morgan fingerprint density at radius 1 is 1.35 bits per heavy atom. The van der Waals surface area contributed by atoms with Crippen molar-refractivity contribution >= 4 is 15.9 Å². The Morgan fingerprint density at radius 3 is 2.59 bits per heavy atom. The van der Waals surface area contributed by atoms with Gasteiger partial charge in [-0.15, -0.1) is 0 Å². The lowest BCUT2D eigenvalue weighted by atomic mass is 9.98. The first kappa shape index (κ1) is 12.7. The van der Waals surface area contributed by atoms with Gasteiger partial charge in [-0.05, 0) is 53.0 Å². The van der Waals surface area contributed by atoms with Crippen LogP contribution in [0.2, 0.25) is 0 Å². The predicted octanol–water partition coefficient (Wildman–Crippen LogP) is 3.60. The van der Waals surface area contributed by atoms with Crippen molar-refractivity contribution in [2.45, 2.75) is 25.1 Å². The summed E-state index contributed by atoms with van der Waals surface area (Å²) in [5.74, 6) is -0.390. The van der Waals surface area contributed by atoms with Crippen molar-refractivity contribution in [3.63, 3.8) is 0 Å². The number of hydrogen-bond acceptors (Lipinski definition) is 2. The molecule has 1 aromatic rings. The lowest BCUT2D eigenvalue weighted by Crippen LogP contribution is -2.18. The number of aromatic hydroxyl groups is 1. The topological polar surface area (TPSA) is 32.3 Å². The molecular weight excluding hydrogens is 299 g/mol. The molecule has 1 heterocycles. The Hall–Kier alpha value is -0.750. The van der Waals surface area contributed by atoms with Gasteiger partial charge in [-0.3, -0.25) is 0 Å². The van der Waals surface area contributed by atoms with Crippen molar-refractivity contribution in [3.8, 4) is 5.75 Å². The van der Waals surface area contributed by atoms with Gasteiger partial charge in [0.05, 0.1) is 10.0 Å². The van der Waals surface area contributed by atoms with Crippen LogP contribution in [0.1, 0.15) is 30.0 Å². The molecule has 0 saturated carbocycles. The molecule has 0 bridgehead atoms. The third kappa shape index (κ3) is 2.57. The Kier molecular flexibility index (Phi) is 3.36. The van der Waals surface area contributed by atoms with E-state index in [1.165, 1.54) is 6.07 Å². The molecule has 1 aliphatic rings. The number of phenols is 1. The summed E-state index contributed by atoms with van der Waals surface area (Å²) < 4.78 is 38.9. The number of rotatable bonds is 1. The molecule has 2 N–H and O–H groups in total. The summed E-state index contributed by atoms with van der Waals surface area (Å²) in [7, 11) is 0. The summed E-state index contributed by atoms with van der Waals surface area (Å²) >= 11 is 3.05. The summed E-state index contributed by atoms with van der Waals surface area (Å²) in [4.78, 5) is 0. The van der Waals surface area contributed by atoms with Gasteiger partial charge in [0.1, 0.15) is 5.75 Å². The van der Waals surface area contributed by atoms with E-state index in [1.54, 1.807) is 0 Å². The van der Waals surface area contributed by atoms with E-state index in [1.807, 2.05) is 0 Å². The van der Waals surface area contributed by atoms with Gasteiger partial charge in [-0.2, -0.15) is 13.2 Å². The third-order valence-corrected chi connectivity index (χ3v) is 3.50. The second kappa shape index (κ2) is 4.49. The van der Waals surface area contributed by atoms with Crippen LogP contribution in [-0.4, -0.2) is 11.7 Å². The fourth-order valence-electron chi connectivity index (χ4n) is 2.06. The molecule has 0 aliphatic carbocycles. The van der Waals surface area contributed by atoms with Crippen LogP contribution in [0.15, 0.2) is 16.6 Å². The SMILES string of the molecule is Oc1cc(C(F)(F)F)c(C2CCCN2)cc1Br. The molecule has 1 aliphatic heterocycles. The van der Waals surface area contributed by atoms with Crippen LogP contribution in [0.25, 0.3) is 0 Å². The maximum atomic E-state index is 12.9. The molecule has 2 rings (SSSR count). The highest BCUT2D eigenvalue weighted by molar-refractivity contribution is 9.10. The molecule has 1 atom stereocenters. The highest BCUT2D eigenvalue weighted by Crippen LogP contribution is 2.41. The van der Waals surface area contributed by atoms with E-state index in [4.69, 9.17) is 0 Å². The molecule has 17 heavy (non-hydrogen) atoms. The summed E-state index contributed by atoms with van der Waals surface area (Å²) in [5, 5.41) is 12.4. The molecule has 2 nitrogen and oxygen atoms in total. The molecule has 1 aromatic carbocycles. The molecule has 1 saturated heterocycles. The van der Waals surface area contributed by atoms with Gasteiger partial charge in [0.2, 0.25) is 0 Å². The number of hydrogen-bond donors (Lipinski definition) is 2. The quantitative estimate of drug-likeness (QED) is 0.831. The van der Waals surface area contributed by atoms with Crippen molar-refractivity contribution in [2.75, 3.05) is 6.54 Å². The Bertz CT molecular complexity index is 427. The van der Waals surface area contributed by atoms with Crippen LogP contribution in [-0.2, 0) is 6.18 Å². The van der Waals surface area contributed by atoms with Gasteiger partial charge >= 0.3 is 6.18 Å². The number of halogens is 4. The number of alkyl halides is 3. The molecule has 0 aromatic heterocycles. The first-order valence-corrected chi connectivity index (χ1v) is 6.02. The van der Waals surface area contributed by atoms with Gasteiger partial charge in [0, 0.05) is 6.04 Å². The minimum absolute atomic E-state index is 0.194. The molecule has 0 radical (unpaired) electrons. The number of nitrogens with one attached hydrogen (secondary N) is 1. The van der Waals surface area contributed by atoms with Gasteiger partial charge in [0.15, 0.2) is 0 Å². The van der Waals surface area contributed by atoms with Gasteiger partial charge in [0.25, 0.3) is 0 Å². The van der Waals surface area contributed by atoms with Crippen molar-refractivity contribution in [1.82, 2.24) is 5.32 Å². The normalized spacial score (nSPS) is 20.8. The molecular formula is C11H11BrF3NO.